The van der Waals surface area contributed by atoms with E-state index < -0.39 is 22.6 Å². The van der Waals surface area contributed by atoms with E-state index in [4.69, 9.17) is 13.6 Å². The van der Waals surface area contributed by atoms with Gasteiger partial charge in [0.1, 0.15) is 4.88 Å². The molecule has 1 saturated carbocycles. The Hall–Kier alpha value is -1.01. The maximum atomic E-state index is 14.8. The maximum absolute atomic E-state index is 14.8. The van der Waals surface area contributed by atoms with Crippen LogP contribution in [0, 0.1) is 11.8 Å². The number of amides is 1. The van der Waals surface area contributed by atoms with E-state index in [0.717, 1.165) is 25.7 Å². The van der Waals surface area contributed by atoms with E-state index in [9.17, 15) is 9.59 Å². The quantitative estimate of drug-likeness (QED) is 0.130. The highest BCUT2D eigenvalue weighted by Crippen LogP contribution is 2.45. The number of carbonyl (C=O) groups is 2. The lowest BCUT2D eigenvalue weighted by atomic mass is 9.82. The van der Waals surface area contributed by atoms with E-state index in [-0.39, 0.29) is 17.9 Å². The number of nitrogens with zero attached hydrogens (tertiary/aromatic N) is 1. The fourth-order valence-corrected chi connectivity index (χ4v) is 20.4. The number of thiophene rings is 1. The molecule has 1 amide bonds. The zero-order valence-corrected chi connectivity index (χ0v) is 33.3. The van der Waals surface area contributed by atoms with E-state index >= 15 is 0 Å². The van der Waals surface area contributed by atoms with Crippen molar-refractivity contribution in [3.8, 4) is 0 Å². The van der Waals surface area contributed by atoms with E-state index in [0.29, 0.717) is 62.9 Å². The van der Waals surface area contributed by atoms with Crippen molar-refractivity contribution < 1.29 is 23.2 Å². The molecule has 1 aliphatic carbocycles. The van der Waals surface area contributed by atoms with Gasteiger partial charge in [0.25, 0.3) is 0 Å². The average Bonchev–Trinajstić information content (AvgIpc) is 3.41. The summed E-state index contributed by atoms with van der Waals surface area (Å²) in [5.74, 6) is 0.237. The van der Waals surface area contributed by atoms with Crippen molar-refractivity contribution in [2.24, 2.45) is 11.8 Å². The van der Waals surface area contributed by atoms with Crippen molar-refractivity contribution in [1.82, 2.24) is 0 Å². The molecular weight excluding hydrogens is 603 g/mol. The Labute approximate surface area is 276 Å². The summed E-state index contributed by atoms with van der Waals surface area (Å²) in [6.45, 7) is 30.6. The van der Waals surface area contributed by atoms with E-state index in [1.165, 1.54) is 18.4 Å². The molecule has 1 aromatic rings. The molecule has 0 spiro atoms. The van der Waals surface area contributed by atoms with Crippen LogP contribution in [-0.4, -0.2) is 54.9 Å². The fraction of sp³-hybridized carbons (Fsp3) is 0.829. The number of esters is 1. The minimum Gasteiger partial charge on any atom is -0.465 e. The highest BCUT2D eigenvalue weighted by Gasteiger charge is 2.49. The van der Waals surface area contributed by atoms with Crippen LogP contribution in [0.5, 0.6) is 0 Å². The summed E-state index contributed by atoms with van der Waals surface area (Å²) in [5, 5.41) is 1.90. The molecule has 0 aliphatic heterocycles. The Morgan fingerprint density at radius 2 is 1.18 bits per heavy atom. The van der Waals surface area contributed by atoms with Crippen molar-refractivity contribution in [2.45, 2.75) is 155 Å². The van der Waals surface area contributed by atoms with Gasteiger partial charge in [-0.3, -0.25) is 4.79 Å². The lowest BCUT2D eigenvalue weighted by Crippen LogP contribution is -2.56. The summed E-state index contributed by atoms with van der Waals surface area (Å²) in [7, 11) is -3.11. The first-order valence-electron chi connectivity index (χ1n) is 17.2. The molecule has 0 N–H and O–H groups in total. The highest BCUT2D eigenvalue weighted by atomic mass is 32.1. The molecule has 0 aromatic carbocycles. The normalized spacial score (nSPS) is 18.5. The number of anilines is 1. The van der Waals surface area contributed by atoms with Crippen LogP contribution in [0.3, 0.4) is 0 Å². The summed E-state index contributed by atoms with van der Waals surface area (Å²) < 4.78 is 19.7. The van der Waals surface area contributed by atoms with Crippen LogP contribution < -0.4 is 4.90 Å². The summed E-state index contributed by atoms with van der Waals surface area (Å²) in [5.41, 5.74) is 3.11. The van der Waals surface area contributed by atoms with Gasteiger partial charge in [-0.05, 0) is 76.3 Å². The number of ether oxygens (including phenoxy) is 1. The van der Waals surface area contributed by atoms with Crippen molar-refractivity contribution in [1.29, 1.82) is 0 Å². The topological polar surface area (TPSA) is 65.1 Å². The smallest absolute Gasteiger partial charge is 0.350 e. The SMILES string of the molecule is COC(=O)c1sccc1N(C(=O)C1CCC(C)CC1)C(CO[Si](C(C)C)(C(C)C)C(C)C)CO[Si](C(C)C)(C(C)C)C(C)C. The predicted molar refractivity (Wildman–Crippen MR) is 192 cm³/mol. The van der Waals surface area contributed by atoms with Crippen LogP contribution in [0.25, 0.3) is 0 Å². The first-order valence-corrected chi connectivity index (χ1v) is 22.4. The van der Waals surface area contributed by atoms with Gasteiger partial charge >= 0.3 is 5.97 Å². The van der Waals surface area contributed by atoms with E-state index in [1.54, 1.807) is 0 Å². The summed E-state index contributed by atoms with van der Waals surface area (Å²) in [6.07, 6.45) is 3.83. The van der Waals surface area contributed by atoms with Crippen LogP contribution >= 0.6 is 11.3 Å². The number of hydrogen-bond acceptors (Lipinski definition) is 6. The number of hydrogen-bond donors (Lipinski definition) is 0. The molecule has 9 heteroatoms. The molecule has 44 heavy (non-hydrogen) atoms. The second-order valence-corrected chi connectivity index (χ2v) is 27.0. The molecule has 0 saturated heterocycles. The van der Waals surface area contributed by atoms with Crippen LogP contribution in [0.4, 0.5) is 5.69 Å². The van der Waals surface area contributed by atoms with Gasteiger partial charge in [0.05, 0.1) is 32.1 Å². The molecule has 1 aromatic heterocycles. The van der Waals surface area contributed by atoms with Gasteiger partial charge in [-0.2, -0.15) is 0 Å². The number of rotatable bonds is 16. The monoisotopic (exact) mass is 667 g/mol. The molecule has 0 bridgehead atoms. The Bertz CT molecular complexity index is 966. The van der Waals surface area contributed by atoms with Crippen molar-refractivity contribution in [2.75, 3.05) is 25.2 Å². The zero-order valence-electron chi connectivity index (χ0n) is 30.5. The van der Waals surface area contributed by atoms with Crippen molar-refractivity contribution in [3.05, 3.63) is 16.3 Å². The molecule has 0 atom stereocenters. The van der Waals surface area contributed by atoms with Gasteiger partial charge in [0, 0.05) is 5.92 Å². The lowest BCUT2D eigenvalue weighted by Gasteiger charge is -2.46. The molecule has 1 aliphatic rings. The van der Waals surface area contributed by atoms with Gasteiger partial charge in [-0.15, -0.1) is 11.3 Å². The third-order valence-electron chi connectivity index (χ3n) is 10.7. The molecule has 0 radical (unpaired) electrons. The van der Waals surface area contributed by atoms with Crippen LogP contribution in [0.2, 0.25) is 33.2 Å². The Balaban J connectivity index is 2.74. The lowest BCUT2D eigenvalue weighted by molar-refractivity contribution is -0.124. The van der Waals surface area contributed by atoms with Crippen molar-refractivity contribution in [3.63, 3.8) is 0 Å². The first-order chi connectivity index (χ1) is 20.5. The van der Waals surface area contributed by atoms with E-state index in [2.05, 4.69) is 90.0 Å². The molecule has 254 valence electrons. The molecule has 1 heterocycles. The Morgan fingerprint density at radius 3 is 1.55 bits per heavy atom. The third-order valence-corrected chi connectivity index (χ3v) is 23.8. The number of carbonyl (C=O) groups excluding carboxylic acids is 2. The standard InChI is InChI=1S/C35H65NO5SSi2/c1-23(2)43(24(3)4,25(5)6)40-21-31(22-41-44(26(7)8,27(9)10)28(11)12)36(32-19-20-42-33(32)35(38)39-14)34(37)30-17-15-29(13)16-18-30/h19-20,23-31H,15-18,21-22H2,1-14H3. The molecular formula is C35H65NO5SSi2. The van der Waals surface area contributed by atoms with Crippen molar-refractivity contribution >= 4 is 45.5 Å². The second-order valence-electron chi connectivity index (χ2n) is 15.2. The first kappa shape index (κ1) is 39.2. The molecule has 6 nitrogen and oxygen atoms in total. The van der Waals surface area contributed by atoms with Gasteiger partial charge in [-0.1, -0.05) is 90.0 Å². The van der Waals surface area contributed by atoms with Crippen LogP contribution in [0.15, 0.2) is 11.4 Å². The van der Waals surface area contributed by atoms with Crippen LogP contribution in [0.1, 0.15) is 125 Å². The minimum atomic E-state index is -2.26. The Morgan fingerprint density at radius 1 is 0.773 bits per heavy atom. The van der Waals surface area contributed by atoms with E-state index in [1.807, 2.05) is 16.3 Å². The summed E-state index contributed by atoms with van der Waals surface area (Å²) in [6, 6.07) is 1.56. The zero-order chi connectivity index (χ0) is 33.6. The minimum absolute atomic E-state index is 0.0799. The summed E-state index contributed by atoms with van der Waals surface area (Å²) in [4.78, 5) is 30.2. The predicted octanol–water partition coefficient (Wildman–Crippen LogP) is 10.4. The highest BCUT2D eigenvalue weighted by molar-refractivity contribution is 7.12. The fourth-order valence-electron chi connectivity index (χ4n) is 8.61. The third kappa shape index (κ3) is 8.28. The number of methoxy groups -OCH3 is 1. The van der Waals surface area contributed by atoms with Gasteiger partial charge < -0.3 is 18.5 Å². The average molecular weight is 668 g/mol. The summed E-state index contributed by atoms with van der Waals surface area (Å²) >= 11 is 1.34. The van der Waals surface area contributed by atoms with Crippen LogP contribution in [-0.2, 0) is 18.4 Å². The molecule has 1 fully saturated rings. The largest absolute Gasteiger partial charge is 0.465 e. The van der Waals surface area contributed by atoms with Gasteiger partial charge in [0.15, 0.2) is 16.6 Å². The maximum Gasteiger partial charge on any atom is 0.350 e. The molecule has 0 unspecified atom stereocenters. The Kier molecular flexibility index (Phi) is 14.9. The van der Waals surface area contributed by atoms with Gasteiger partial charge in [-0.25, -0.2) is 4.79 Å². The molecule has 2 rings (SSSR count). The second kappa shape index (κ2) is 16.7. The van der Waals surface area contributed by atoms with Gasteiger partial charge in [0.2, 0.25) is 5.91 Å².